The fraction of sp³-hybridized carbons (Fsp3) is 0.773. The fourth-order valence-corrected chi connectivity index (χ4v) is 6.91. The van der Waals surface area contributed by atoms with Gasteiger partial charge in [0.2, 0.25) is 0 Å². The van der Waals surface area contributed by atoms with Gasteiger partial charge in [0.15, 0.2) is 5.78 Å². The van der Waals surface area contributed by atoms with E-state index in [2.05, 4.69) is 26.8 Å². The Labute approximate surface area is 146 Å². The molecular weight excluding hydrogens is 296 g/mol. The Hall–Kier alpha value is -0.890. The van der Waals surface area contributed by atoms with Gasteiger partial charge in [0.1, 0.15) is 0 Å². The average Bonchev–Trinajstić information content (AvgIpc) is 2.92. The molecule has 132 valence electrons. The molecule has 0 heterocycles. The Morgan fingerprint density at radius 3 is 2.75 bits per heavy atom. The number of ketones is 1. The minimum absolute atomic E-state index is 0.250. The van der Waals surface area contributed by atoms with Crippen molar-refractivity contribution in [3.63, 3.8) is 0 Å². The van der Waals surface area contributed by atoms with Crippen molar-refractivity contribution in [3.05, 3.63) is 23.3 Å². The van der Waals surface area contributed by atoms with Crippen LogP contribution in [-0.2, 0) is 4.79 Å². The lowest BCUT2D eigenvalue weighted by atomic mass is 9.48. The minimum Gasteiger partial charge on any atom is -0.396 e. The third-order valence-electron chi connectivity index (χ3n) is 8.41. The molecule has 0 aromatic carbocycles. The first-order valence-corrected chi connectivity index (χ1v) is 9.95. The van der Waals surface area contributed by atoms with E-state index >= 15 is 0 Å². The van der Waals surface area contributed by atoms with Crippen LogP contribution >= 0.6 is 0 Å². The number of aliphatic hydroxyl groups excluding tert-OH is 1. The van der Waals surface area contributed by atoms with E-state index in [0.717, 1.165) is 25.7 Å². The smallest absolute Gasteiger partial charge is 0.155 e. The van der Waals surface area contributed by atoms with Gasteiger partial charge in [-0.05, 0) is 79.1 Å². The number of hydrogen-bond acceptors (Lipinski definition) is 2. The molecule has 0 unspecified atom stereocenters. The van der Waals surface area contributed by atoms with E-state index in [1.807, 2.05) is 6.08 Å². The van der Waals surface area contributed by atoms with Crippen molar-refractivity contribution < 1.29 is 9.90 Å². The first kappa shape index (κ1) is 16.6. The molecule has 2 saturated carbocycles. The molecule has 24 heavy (non-hydrogen) atoms. The Kier molecular flexibility index (Phi) is 3.84. The second-order valence-corrected chi connectivity index (χ2v) is 9.42. The normalized spacial score (nSPS) is 45.7. The lowest BCUT2D eigenvalue weighted by molar-refractivity contribution is -0.116. The Balaban J connectivity index is 1.66. The van der Waals surface area contributed by atoms with Crippen LogP contribution in [-0.4, -0.2) is 17.5 Å². The summed E-state index contributed by atoms with van der Waals surface area (Å²) in [5.74, 6) is 2.76. The largest absolute Gasteiger partial charge is 0.396 e. The van der Waals surface area contributed by atoms with Crippen LogP contribution in [0.3, 0.4) is 0 Å². The zero-order valence-electron chi connectivity index (χ0n) is 15.5. The molecule has 4 aliphatic carbocycles. The van der Waals surface area contributed by atoms with Gasteiger partial charge in [0.25, 0.3) is 0 Å². The number of carbonyl (C=O) groups is 1. The summed E-state index contributed by atoms with van der Waals surface area (Å²) in [6.07, 6.45) is 12.4. The average molecular weight is 328 g/mol. The maximum atomic E-state index is 11.9. The van der Waals surface area contributed by atoms with Crippen LogP contribution in [0, 0.1) is 34.5 Å². The van der Waals surface area contributed by atoms with Crippen molar-refractivity contribution in [2.45, 2.75) is 65.7 Å². The Morgan fingerprint density at radius 2 is 2.00 bits per heavy atom. The van der Waals surface area contributed by atoms with E-state index in [-0.39, 0.29) is 5.41 Å². The van der Waals surface area contributed by atoms with E-state index in [4.69, 9.17) is 0 Å². The molecule has 0 amide bonds. The third-order valence-corrected chi connectivity index (χ3v) is 8.41. The molecule has 4 rings (SSSR count). The van der Waals surface area contributed by atoms with Crippen molar-refractivity contribution in [2.24, 2.45) is 34.5 Å². The Bertz CT molecular complexity index is 615. The fourth-order valence-electron chi connectivity index (χ4n) is 6.91. The summed E-state index contributed by atoms with van der Waals surface area (Å²) in [5.41, 5.74) is 3.70. The van der Waals surface area contributed by atoms with Crippen molar-refractivity contribution in [3.8, 4) is 0 Å². The highest BCUT2D eigenvalue weighted by Gasteiger charge is 2.56. The Morgan fingerprint density at radius 1 is 1.21 bits per heavy atom. The van der Waals surface area contributed by atoms with E-state index in [1.165, 1.54) is 24.8 Å². The predicted molar refractivity (Wildman–Crippen MR) is 96.4 cm³/mol. The van der Waals surface area contributed by atoms with Gasteiger partial charge in [0, 0.05) is 13.0 Å². The van der Waals surface area contributed by atoms with Crippen LogP contribution in [0.15, 0.2) is 23.3 Å². The molecule has 0 aliphatic heterocycles. The number of rotatable bonds is 2. The number of hydrogen-bond donors (Lipinski definition) is 1. The van der Waals surface area contributed by atoms with Crippen LogP contribution in [0.25, 0.3) is 0 Å². The predicted octanol–water partition coefficient (Wildman–Crippen LogP) is 4.68. The summed E-state index contributed by atoms with van der Waals surface area (Å²) in [6.45, 7) is 7.43. The molecule has 0 bridgehead atoms. The van der Waals surface area contributed by atoms with E-state index in [1.54, 1.807) is 5.57 Å². The number of allylic oxidation sites excluding steroid dienone is 4. The van der Waals surface area contributed by atoms with Gasteiger partial charge in [-0.3, -0.25) is 4.79 Å². The highest BCUT2D eigenvalue weighted by Crippen LogP contribution is 2.65. The summed E-state index contributed by atoms with van der Waals surface area (Å²) < 4.78 is 0. The number of fused-ring (bicyclic) bond motifs is 5. The molecule has 2 heteroatoms. The molecule has 0 aromatic heterocycles. The molecule has 6 atom stereocenters. The summed E-state index contributed by atoms with van der Waals surface area (Å²) in [5, 5.41) is 9.69. The number of aliphatic hydroxyl groups is 1. The lowest BCUT2D eigenvalue weighted by Crippen LogP contribution is -2.48. The van der Waals surface area contributed by atoms with E-state index in [0.29, 0.717) is 41.5 Å². The van der Waals surface area contributed by atoms with Gasteiger partial charge in [-0.15, -0.1) is 0 Å². The molecule has 2 fully saturated rings. The molecule has 0 spiro atoms. The van der Waals surface area contributed by atoms with Gasteiger partial charge in [-0.1, -0.05) is 38.0 Å². The molecule has 0 radical (unpaired) electrons. The summed E-state index contributed by atoms with van der Waals surface area (Å²) in [7, 11) is 0. The lowest BCUT2D eigenvalue weighted by Gasteiger charge is -2.56. The van der Waals surface area contributed by atoms with Crippen molar-refractivity contribution in [2.75, 3.05) is 6.61 Å². The molecule has 0 aromatic rings. The quantitative estimate of drug-likeness (QED) is 0.747. The zero-order valence-corrected chi connectivity index (χ0v) is 15.5. The van der Waals surface area contributed by atoms with Crippen LogP contribution in [0.4, 0.5) is 0 Å². The molecule has 4 aliphatic rings. The van der Waals surface area contributed by atoms with E-state index < -0.39 is 0 Å². The summed E-state index contributed by atoms with van der Waals surface area (Å²) in [6, 6.07) is 0. The highest BCUT2D eigenvalue weighted by atomic mass is 16.3. The van der Waals surface area contributed by atoms with Crippen LogP contribution in [0.1, 0.15) is 65.7 Å². The second-order valence-electron chi connectivity index (χ2n) is 9.42. The first-order valence-electron chi connectivity index (χ1n) is 9.95. The van der Waals surface area contributed by atoms with E-state index in [9.17, 15) is 9.90 Å². The molecular formula is C22H32O2. The maximum Gasteiger partial charge on any atom is 0.155 e. The molecule has 2 nitrogen and oxygen atoms in total. The van der Waals surface area contributed by atoms with Crippen LogP contribution in [0.2, 0.25) is 0 Å². The number of carbonyl (C=O) groups excluding carboxylic acids is 1. The van der Waals surface area contributed by atoms with Crippen LogP contribution < -0.4 is 0 Å². The second kappa shape index (κ2) is 5.56. The molecule has 1 N–H and O–H groups in total. The highest BCUT2D eigenvalue weighted by molar-refractivity contribution is 5.91. The third kappa shape index (κ3) is 2.14. The zero-order chi connectivity index (χ0) is 17.1. The summed E-state index contributed by atoms with van der Waals surface area (Å²) in [4.78, 5) is 11.9. The standard InChI is InChI=1S/C22H32O2/c1-14(13-23)18-6-7-19-17-5-4-15-12-16(24)8-10-21(15,2)20(17)9-11-22(18,19)3/h7,12,14,17-18,20,23H,4-6,8-11,13H2,1-3H3/t14-,17+,18-,20+,21+,22-/m1/s1. The van der Waals surface area contributed by atoms with Crippen molar-refractivity contribution in [1.29, 1.82) is 0 Å². The van der Waals surface area contributed by atoms with Crippen molar-refractivity contribution >= 4 is 5.78 Å². The topological polar surface area (TPSA) is 37.3 Å². The van der Waals surface area contributed by atoms with Crippen LogP contribution in [0.5, 0.6) is 0 Å². The SMILES string of the molecule is C[C@H](CO)[C@H]1CC=C2[C@@H]3CCC4=CC(=O)CC[C@]4(C)[C@H]3CC[C@@]21C. The van der Waals surface area contributed by atoms with Crippen molar-refractivity contribution in [1.82, 2.24) is 0 Å². The summed E-state index contributed by atoms with van der Waals surface area (Å²) >= 11 is 0. The van der Waals surface area contributed by atoms with Gasteiger partial charge < -0.3 is 5.11 Å². The minimum atomic E-state index is 0.250. The maximum absolute atomic E-state index is 11.9. The first-order chi connectivity index (χ1) is 11.4. The monoisotopic (exact) mass is 328 g/mol. The van der Waals surface area contributed by atoms with Gasteiger partial charge in [0.05, 0.1) is 0 Å². The molecule has 0 saturated heterocycles. The van der Waals surface area contributed by atoms with Gasteiger partial charge in [-0.25, -0.2) is 0 Å². The van der Waals surface area contributed by atoms with Gasteiger partial charge in [-0.2, -0.15) is 0 Å². The van der Waals surface area contributed by atoms with Gasteiger partial charge >= 0.3 is 0 Å².